The molecule has 0 bridgehead atoms. The molecule has 30 heavy (non-hydrogen) atoms. The van der Waals surface area contributed by atoms with Gasteiger partial charge in [0.2, 0.25) is 5.95 Å². The van der Waals surface area contributed by atoms with E-state index in [2.05, 4.69) is 48.4 Å². The zero-order chi connectivity index (χ0) is 20.2. The summed E-state index contributed by atoms with van der Waals surface area (Å²) >= 11 is 0. The molecule has 3 heterocycles. The zero-order valence-corrected chi connectivity index (χ0v) is 20.0. The molecule has 2 aromatic heterocycles. The van der Waals surface area contributed by atoms with Crippen LogP contribution in [0.2, 0.25) is 0 Å². The van der Waals surface area contributed by atoms with E-state index in [0.29, 0.717) is 0 Å². The smallest absolute Gasteiger partial charge is 0.225 e. The molecule has 0 unspecified atom stereocenters. The third-order valence-corrected chi connectivity index (χ3v) is 4.85. The van der Waals surface area contributed by atoms with Gasteiger partial charge in [0.05, 0.1) is 0 Å². The highest BCUT2D eigenvalue weighted by atomic mass is 127. The molecular formula is C21H33IN8. The Labute approximate surface area is 196 Å². The number of aromatic nitrogens is 3. The van der Waals surface area contributed by atoms with Gasteiger partial charge in [0, 0.05) is 83.1 Å². The number of rotatable bonds is 9. The second kappa shape index (κ2) is 14.1. The average Bonchev–Trinajstić information content (AvgIpc) is 2.78. The van der Waals surface area contributed by atoms with E-state index in [9.17, 15) is 0 Å². The summed E-state index contributed by atoms with van der Waals surface area (Å²) < 4.78 is 0. The average molecular weight is 524 g/mol. The lowest BCUT2D eigenvalue weighted by Crippen LogP contribution is -2.47. The molecule has 0 radical (unpaired) electrons. The Bertz CT molecular complexity index is 720. The quantitative estimate of drug-likeness (QED) is 0.224. The fourth-order valence-corrected chi connectivity index (χ4v) is 3.31. The summed E-state index contributed by atoms with van der Waals surface area (Å²) in [7, 11) is 0. The number of hydrogen-bond donors (Lipinski definition) is 2. The fraction of sp³-hybridized carbons (Fsp3) is 0.524. The summed E-state index contributed by atoms with van der Waals surface area (Å²) in [5.41, 5.74) is 1.09. The topological polar surface area (TPSA) is 81.6 Å². The van der Waals surface area contributed by atoms with E-state index in [4.69, 9.17) is 4.99 Å². The van der Waals surface area contributed by atoms with Crippen LogP contribution in [-0.4, -0.2) is 78.2 Å². The molecule has 164 valence electrons. The molecule has 2 aromatic rings. The molecule has 0 aromatic carbocycles. The second-order valence-corrected chi connectivity index (χ2v) is 6.99. The van der Waals surface area contributed by atoms with Crippen LogP contribution in [0.5, 0.6) is 0 Å². The van der Waals surface area contributed by atoms with E-state index in [-0.39, 0.29) is 24.0 Å². The van der Waals surface area contributed by atoms with E-state index in [0.717, 1.165) is 82.8 Å². The number of nitrogens with one attached hydrogen (secondary N) is 2. The number of halogens is 1. The summed E-state index contributed by atoms with van der Waals surface area (Å²) in [5.74, 6) is 1.72. The highest BCUT2D eigenvalue weighted by molar-refractivity contribution is 14.0. The van der Waals surface area contributed by atoms with Gasteiger partial charge in [0.1, 0.15) is 0 Å². The Morgan fingerprint density at radius 3 is 2.47 bits per heavy atom. The Morgan fingerprint density at radius 2 is 1.77 bits per heavy atom. The van der Waals surface area contributed by atoms with Gasteiger partial charge in [-0.15, -0.1) is 24.0 Å². The maximum absolute atomic E-state index is 4.71. The molecule has 0 saturated carbocycles. The Kier molecular flexibility index (Phi) is 11.4. The van der Waals surface area contributed by atoms with Crippen LogP contribution in [-0.2, 0) is 6.42 Å². The van der Waals surface area contributed by atoms with Crippen molar-refractivity contribution in [2.24, 2.45) is 4.99 Å². The summed E-state index contributed by atoms with van der Waals surface area (Å²) in [4.78, 5) is 22.5. The van der Waals surface area contributed by atoms with E-state index in [1.807, 2.05) is 24.4 Å². The highest BCUT2D eigenvalue weighted by Gasteiger charge is 2.18. The van der Waals surface area contributed by atoms with Crippen LogP contribution in [0.15, 0.2) is 47.8 Å². The van der Waals surface area contributed by atoms with Crippen molar-refractivity contribution < 1.29 is 0 Å². The molecule has 0 atom stereocenters. The van der Waals surface area contributed by atoms with Crippen LogP contribution in [0.1, 0.15) is 19.0 Å². The SMILES string of the molecule is CCNC(=NCCCN1CCN(c2ncccn2)CC1)NCCc1ccccn1.I. The number of aliphatic imine (C=N–C) groups is 1. The molecule has 1 fully saturated rings. The fourth-order valence-electron chi connectivity index (χ4n) is 3.31. The predicted molar refractivity (Wildman–Crippen MR) is 133 cm³/mol. The van der Waals surface area contributed by atoms with Gasteiger partial charge in [0.25, 0.3) is 0 Å². The number of guanidine groups is 1. The van der Waals surface area contributed by atoms with Gasteiger partial charge < -0.3 is 15.5 Å². The van der Waals surface area contributed by atoms with Crippen molar-refractivity contribution in [2.75, 3.05) is 57.3 Å². The third kappa shape index (κ3) is 8.39. The van der Waals surface area contributed by atoms with Crippen LogP contribution in [0.4, 0.5) is 5.95 Å². The molecular weight excluding hydrogens is 491 g/mol. The summed E-state index contributed by atoms with van der Waals surface area (Å²) in [6.45, 7) is 9.71. The van der Waals surface area contributed by atoms with Crippen molar-refractivity contribution in [3.05, 3.63) is 48.5 Å². The summed E-state index contributed by atoms with van der Waals surface area (Å²) in [6.07, 6.45) is 7.39. The molecule has 0 spiro atoms. The van der Waals surface area contributed by atoms with Gasteiger partial charge in [-0.25, -0.2) is 9.97 Å². The van der Waals surface area contributed by atoms with Gasteiger partial charge in [-0.2, -0.15) is 0 Å². The first-order valence-corrected chi connectivity index (χ1v) is 10.5. The third-order valence-electron chi connectivity index (χ3n) is 4.85. The maximum Gasteiger partial charge on any atom is 0.225 e. The van der Waals surface area contributed by atoms with Crippen molar-refractivity contribution in [3.63, 3.8) is 0 Å². The summed E-state index contributed by atoms with van der Waals surface area (Å²) in [5, 5.41) is 6.71. The molecule has 1 saturated heterocycles. The number of anilines is 1. The van der Waals surface area contributed by atoms with Crippen LogP contribution in [0.3, 0.4) is 0 Å². The van der Waals surface area contributed by atoms with Gasteiger partial charge >= 0.3 is 0 Å². The number of piperazine rings is 1. The molecule has 0 amide bonds. The van der Waals surface area contributed by atoms with Gasteiger partial charge in [-0.1, -0.05) is 6.07 Å². The minimum atomic E-state index is 0. The van der Waals surface area contributed by atoms with E-state index in [1.54, 1.807) is 12.4 Å². The van der Waals surface area contributed by atoms with E-state index < -0.39 is 0 Å². The molecule has 3 rings (SSSR count). The van der Waals surface area contributed by atoms with Gasteiger partial charge in [-0.3, -0.25) is 14.9 Å². The molecule has 9 heteroatoms. The maximum atomic E-state index is 4.71. The normalized spacial score (nSPS) is 14.8. The van der Waals surface area contributed by atoms with Gasteiger partial charge in [0.15, 0.2) is 5.96 Å². The first kappa shape index (κ1) is 24.3. The van der Waals surface area contributed by atoms with Crippen LogP contribution >= 0.6 is 24.0 Å². The Morgan fingerprint density at radius 1 is 1.00 bits per heavy atom. The van der Waals surface area contributed by atoms with Crippen molar-refractivity contribution in [1.29, 1.82) is 0 Å². The second-order valence-electron chi connectivity index (χ2n) is 6.99. The van der Waals surface area contributed by atoms with Crippen molar-refractivity contribution in [3.8, 4) is 0 Å². The summed E-state index contributed by atoms with van der Waals surface area (Å²) in [6, 6.07) is 7.87. The Hall–Kier alpha value is -2.01. The molecule has 2 N–H and O–H groups in total. The van der Waals surface area contributed by atoms with Crippen LogP contribution < -0.4 is 15.5 Å². The first-order chi connectivity index (χ1) is 14.3. The lowest BCUT2D eigenvalue weighted by atomic mass is 10.3. The zero-order valence-electron chi connectivity index (χ0n) is 17.7. The largest absolute Gasteiger partial charge is 0.357 e. The Balaban J connectivity index is 0.00000320. The molecule has 8 nitrogen and oxygen atoms in total. The minimum Gasteiger partial charge on any atom is -0.357 e. The van der Waals surface area contributed by atoms with Crippen molar-refractivity contribution in [1.82, 2.24) is 30.5 Å². The van der Waals surface area contributed by atoms with E-state index in [1.165, 1.54) is 0 Å². The molecule has 0 aliphatic carbocycles. The lowest BCUT2D eigenvalue weighted by molar-refractivity contribution is 0.255. The monoisotopic (exact) mass is 524 g/mol. The lowest BCUT2D eigenvalue weighted by Gasteiger charge is -2.34. The van der Waals surface area contributed by atoms with Crippen molar-refractivity contribution in [2.45, 2.75) is 19.8 Å². The van der Waals surface area contributed by atoms with E-state index >= 15 is 0 Å². The van der Waals surface area contributed by atoms with Crippen LogP contribution in [0, 0.1) is 0 Å². The van der Waals surface area contributed by atoms with Crippen molar-refractivity contribution >= 4 is 35.9 Å². The number of nitrogens with zero attached hydrogens (tertiary/aromatic N) is 6. The van der Waals surface area contributed by atoms with Gasteiger partial charge in [-0.05, 0) is 31.5 Å². The predicted octanol–water partition coefficient (Wildman–Crippen LogP) is 1.80. The minimum absolute atomic E-state index is 0. The van der Waals surface area contributed by atoms with Crippen LogP contribution in [0.25, 0.3) is 0 Å². The highest BCUT2D eigenvalue weighted by Crippen LogP contribution is 2.09. The molecule has 1 aliphatic heterocycles. The first-order valence-electron chi connectivity index (χ1n) is 10.5. The standard InChI is InChI=1S/C21H32N8.HI/c1-2-22-20(25-13-8-19-7-3-4-9-23-19)24-12-6-14-28-15-17-29(18-16-28)21-26-10-5-11-27-21;/h3-5,7,9-11H,2,6,8,12-18H2,1H3,(H2,22,24,25);1H. The molecule has 1 aliphatic rings. The number of pyridine rings is 1. The number of hydrogen-bond acceptors (Lipinski definition) is 6.